The number of rotatable bonds is 11. The zero-order valence-corrected chi connectivity index (χ0v) is 23.7. The van der Waals surface area contributed by atoms with Crippen molar-refractivity contribution in [2.45, 2.75) is 24.8 Å². The molecule has 0 heterocycles. The van der Waals surface area contributed by atoms with E-state index in [9.17, 15) is 18.0 Å². The second-order valence-corrected chi connectivity index (χ2v) is 10.9. The molecule has 3 aromatic rings. The van der Waals surface area contributed by atoms with E-state index < -0.39 is 22.5 Å². The van der Waals surface area contributed by atoms with Crippen LogP contribution in [0.5, 0.6) is 17.2 Å². The molecule has 2 N–H and O–H groups in total. The molecule has 0 saturated carbocycles. The van der Waals surface area contributed by atoms with E-state index in [1.54, 1.807) is 24.3 Å². The first-order valence-corrected chi connectivity index (χ1v) is 13.6. The van der Waals surface area contributed by atoms with Crippen LogP contribution in [0.3, 0.4) is 0 Å². The average Bonchev–Trinajstić information content (AvgIpc) is 2.91. The second-order valence-electron chi connectivity index (χ2n) is 8.57. The SMILES string of the molecule is COc1ccc(S(=O)(=O)N(CC(=O)Nc2ccccc2C(=O)NC(C)C)c2cc(Cl)ccc2OC)cc1OC. The summed E-state index contributed by atoms with van der Waals surface area (Å²) >= 11 is 6.21. The van der Waals surface area contributed by atoms with Crippen molar-refractivity contribution in [3.05, 3.63) is 71.2 Å². The highest BCUT2D eigenvalue weighted by Gasteiger charge is 2.31. The number of para-hydroxylation sites is 1. The van der Waals surface area contributed by atoms with Gasteiger partial charge in [0.1, 0.15) is 12.3 Å². The van der Waals surface area contributed by atoms with Gasteiger partial charge in [0.15, 0.2) is 11.5 Å². The molecule has 0 aromatic heterocycles. The topological polar surface area (TPSA) is 123 Å². The van der Waals surface area contributed by atoms with E-state index in [1.165, 1.54) is 57.7 Å². The molecule has 0 fully saturated rings. The summed E-state index contributed by atoms with van der Waals surface area (Å²) in [6.45, 7) is 2.97. The van der Waals surface area contributed by atoms with Crippen molar-refractivity contribution in [1.82, 2.24) is 5.32 Å². The number of methoxy groups -OCH3 is 3. The summed E-state index contributed by atoms with van der Waals surface area (Å²) in [5.74, 6) is -0.394. The molecule has 12 heteroatoms. The number of nitrogens with one attached hydrogen (secondary N) is 2. The Morgan fingerprint density at radius 2 is 1.54 bits per heavy atom. The zero-order valence-electron chi connectivity index (χ0n) is 22.1. The first-order valence-electron chi connectivity index (χ1n) is 11.8. The summed E-state index contributed by atoms with van der Waals surface area (Å²) in [7, 11) is -0.188. The third-order valence-electron chi connectivity index (χ3n) is 5.51. The van der Waals surface area contributed by atoms with Gasteiger partial charge in [-0.25, -0.2) is 8.42 Å². The van der Waals surface area contributed by atoms with E-state index in [2.05, 4.69) is 10.6 Å². The van der Waals surface area contributed by atoms with Crippen LogP contribution >= 0.6 is 11.6 Å². The molecule has 0 atom stereocenters. The minimum atomic E-state index is -4.37. The van der Waals surface area contributed by atoms with E-state index >= 15 is 0 Å². The molecule has 208 valence electrons. The monoisotopic (exact) mass is 575 g/mol. The second kappa shape index (κ2) is 12.7. The van der Waals surface area contributed by atoms with Crippen LogP contribution in [0.4, 0.5) is 11.4 Å². The molecule has 0 bridgehead atoms. The Bertz CT molecular complexity index is 1460. The Morgan fingerprint density at radius 3 is 2.18 bits per heavy atom. The molecular formula is C27H30ClN3O7S. The lowest BCUT2D eigenvalue weighted by molar-refractivity contribution is -0.114. The quantitative estimate of drug-likeness (QED) is 0.349. The number of carbonyl (C=O) groups excluding carboxylic acids is 2. The normalized spacial score (nSPS) is 11.1. The number of amides is 2. The summed E-state index contributed by atoms with van der Waals surface area (Å²) in [6, 6.07) is 14.8. The maximum atomic E-state index is 14.0. The molecule has 0 radical (unpaired) electrons. The summed E-state index contributed by atoms with van der Waals surface area (Å²) in [5.41, 5.74) is 0.497. The highest BCUT2D eigenvalue weighted by Crippen LogP contribution is 2.37. The van der Waals surface area contributed by atoms with E-state index in [-0.39, 0.29) is 50.3 Å². The summed E-state index contributed by atoms with van der Waals surface area (Å²) in [4.78, 5) is 25.8. The lowest BCUT2D eigenvalue weighted by atomic mass is 10.1. The number of anilines is 2. The molecule has 0 unspecified atom stereocenters. The smallest absolute Gasteiger partial charge is 0.265 e. The van der Waals surface area contributed by atoms with Crippen LogP contribution in [-0.2, 0) is 14.8 Å². The number of benzene rings is 3. The molecule has 0 aliphatic carbocycles. The van der Waals surface area contributed by atoms with Gasteiger partial charge in [0.05, 0.1) is 43.2 Å². The molecule has 2 amide bonds. The Labute approximate surface area is 232 Å². The number of carbonyl (C=O) groups is 2. The summed E-state index contributed by atoms with van der Waals surface area (Å²) in [5, 5.41) is 5.66. The minimum Gasteiger partial charge on any atom is -0.495 e. The number of hydrogen-bond donors (Lipinski definition) is 2. The van der Waals surface area contributed by atoms with Crippen molar-refractivity contribution >= 4 is 44.8 Å². The average molecular weight is 576 g/mol. The van der Waals surface area contributed by atoms with Crippen molar-refractivity contribution in [2.75, 3.05) is 37.5 Å². The van der Waals surface area contributed by atoms with Crippen LogP contribution in [-0.4, -0.2) is 54.1 Å². The third kappa shape index (κ3) is 6.92. The lowest BCUT2D eigenvalue weighted by Crippen LogP contribution is -2.39. The maximum Gasteiger partial charge on any atom is 0.265 e. The van der Waals surface area contributed by atoms with E-state index in [0.717, 1.165) is 4.31 Å². The van der Waals surface area contributed by atoms with Crippen LogP contribution < -0.4 is 29.1 Å². The van der Waals surface area contributed by atoms with Gasteiger partial charge in [0.25, 0.3) is 15.9 Å². The fourth-order valence-corrected chi connectivity index (χ4v) is 5.32. The van der Waals surface area contributed by atoms with Gasteiger partial charge in [0, 0.05) is 17.1 Å². The molecule has 0 aliphatic rings. The standard InChI is InChI=1S/C27H30ClN3O7S/c1-17(2)29-27(33)20-8-6-7-9-21(20)30-26(32)16-31(22-14-18(28)10-12-23(22)36-3)39(34,35)19-11-13-24(37-4)25(15-19)38-5/h6-15,17H,16H2,1-5H3,(H,29,33)(H,30,32). The van der Waals surface area contributed by atoms with Gasteiger partial charge >= 0.3 is 0 Å². The van der Waals surface area contributed by atoms with Gasteiger partial charge in [-0.3, -0.25) is 13.9 Å². The van der Waals surface area contributed by atoms with E-state index in [1.807, 2.05) is 13.8 Å². The summed E-state index contributed by atoms with van der Waals surface area (Å²) in [6.07, 6.45) is 0. The van der Waals surface area contributed by atoms with Crippen molar-refractivity contribution in [1.29, 1.82) is 0 Å². The predicted octanol–water partition coefficient (Wildman–Crippen LogP) is 4.34. The Hall–Kier alpha value is -3.96. The molecule has 3 rings (SSSR count). The van der Waals surface area contributed by atoms with Crippen LogP contribution in [0.15, 0.2) is 65.6 Å². The molecule has 0 aliphatic heterocycles. The van der Waals surface area contributed by atoms with Gasteiger partial charge in [-0.2, -0.15) is 0 Å². The van der Waals surface area contributed by atoms with Crippen molar-refractivity contribution in [3.63, 3.8) is 0 Å². The molecule has 10 nitrogen and oxygen atoms in total. The first-order chi connectivity index (χ1) is 18.5. The number of halogens is 1. The maximum absolute atomic E-state index is 14.0. The molecule has 3 aromatic carbocycles. The molecule has 0 saturated heterocycles. The summed E-state index contributed by atoms with van der Waals surface area (Å²) < 4.78 is 44.7. The largest absolute Gasteiger partial charge is 0.495 e. The van der Waals surface area contributed by atoms with E-state index in [4.69, 9.17) is 25.8 Å². The van der Waals surface area contributed by atoms with Gasteiger partial charge in [0.2, 0.25) is 5.91 Å². The number of hydrogen-bond acceptors (Lipinski definition) is 7. The fourth-order valence-electron chi connectivity index (χ4n) is 3.71. The van der Waals surface area contributed by atoms with Gasteiger partial charge < -0.3 is 24.8 Å². The van der Waals surface area contributed by atoms with Gasteiger partial charge in [-0.05, 0) is 56.3 Å². The van der Waals surface area contributed by atoms with Gasteiger partial charge in [-0.1, -0.05) is 23.7 Å². The van der Waals surface area contributed by atoms with Crippen molar-refractivity contribution < 1.29 is 32.2 Å². The number of sulfonamides is 1. The van der Waals surface area contributed by atoms with Crippen LogP contribution in [0.1, 0.15) is 24.2 Å². The van der Waals surface area contributed by atoms with Crippen LogP contribution in [0.25, 0.3) is 0 Å². The van der Waals surface area contributed by atoms with Crippen molar-refractivity contribution in [3.8, 4) is 17.2 Å². The Kier molecular flexibility index (Phi) is 9.66. The predicted molar refractivity (Wildman–Crippen MR) is 150 cm³/mol. The fraction of sp³-hybridized carbons (Fsp3) is 0.259. The minimum absolute atomic E-state index is 0.0424. The Balaban J connectivity index is 2.06. The number of ether oxygens (including phenoxy) is 3. The highest BCUT2D eigenvalue weighted by atomic mass is 35.5. The molecule has 39 heavy (non-hydrogen) atoms. The molecular weight excluding hydrogens is 546 g/mol. The van der Waals surface area contributed by atoms with E-state index in [0.29, 0.717) is 5.75 Å². The van der Waals surface area contributed by atoms with Crippen LogP contribution in [0.2, 0.25) is 5.02 Å². The highest BCUT2D eigenvalue weighted by molar-refractivity contribution is 7.92. The van der Waals surface area contributed by atoms with Gasteiger partial charge in [-0.15, -0.1) is 0 Å². The number of nitrogens with zero attached hydrogens (tertiary/aromatic N) is 1. The first kappa shape index (κ1) is 29.6. The van der Waals surface area contributed by atoms with Crippen LogP contribution in [0, 0.1) is 0 Å². The zero-order chi connectivity index (χ0) is 28.7. The third-order valence-corrected chi connectivity index (χ3v) is 7.50. The van der Waals surface area contributed by atoms with Crippen molar-refractivity contribution in [2.24, 2.45) is 0 Å². The lowest BCUT2D eigenvalue weighted by Gasteiger charge is -2.26. The molecule has 0 spiro atoms. The Morgan fingerprint density at radius 1 is 0.897 bits per heavy atom.